The molecule has 0 aliphatic carbocycles. The minimum Gasteiger partial charge on any atom is -0.457 e. The van der Waals surface area contributed by atoms with Gasteiger partial charge < -0.3 is 9.47 Å². The molecule has 0 spiro atoms. The van der Waals surface area contributed by atoms with Crippen molar-refractivity contribution in [2.75, 3.05) is 0 Å². The highest BCUT2D eigenvalue weighted by atomic mass is 32.2. The Bertz CT molecular complexity index is 1900. The molecule has 20 heteroatoms. The molecule has 234 valence electrons. The predicted octanol–water partition coefficient (Wildman–Crippen LogP) is 0.747. The third kappa shape index (κ3) is 7.95. The van der Waals surface area contributed by atoms with Crippen LogP contribution in [0.1, 0.15) is 0 Å². The van der Waals surface area contributed by atoms with E-state index in [-0.39, 0.29) is 42.6 Å². The molecule has 0 aliphatic rings. The Labute approximate surface area is 253 Å². The molecule has 8 N–H and O–H groups in total. The van der Waals surface area contributed by atoms with Gasteiger partial charge in [0.2, 0.25) is 0 Å². The van der Waals surface area contributed by atoms with E-state index in [4.69, 9.17) is 21.2 Å². The lowest BCUT2D eigenvalue weighted by molar-refractivity contribution is 0.481. The van der Waals surface area contributed by atoms with E-state index < -0.39 is 40.1 Å². The molecule has 4 rings (SSSR count). The molecule has 0 aliphatic heterocycles. The van der Waals surface area contributed by atoms with Crippen LogP contribution in [0.4, 0.5) is 0 Å². The van der Waals surface area contributed by atoms with E-state index in [1.54, 1.807) is 9.66 Å². The van der Waals surface area contributed by atoms with E-state index in [9.17, 15) is 33.7 Å². The fourth-order valence-electron chi connectivity index (χ4n) is 3.38. The van der Waals surface area contributed by atoms with Crippen LogP contribution in [0.3, 0.4) is 0 Å². The summed E-state index contributed by atoms with van der Waals surface area (Å²) in [5.74, 6) is 10.9. The average molecular weight is 685 g/mol. The molecule has 0 fully saturated rings. The molecule has 0 atom stereocenters. The van der Waals surface area contributed by atoms with Crippen molar-refractivity contribution < 1.29 is 43.1 Å². The topological polar surface area (TPSA) is 255 Å². The summed E-state index contributed by atoms with van der Waals surface area (Å²) >= 11 is 0. The van der Waals surface area contributed by atoms with Crippen molar-refractivity contribution in [3.8, 4) is 23.0 Å². The van der Waals surface area contributed by atoms with E-state index in [1.165, 1.54) is 97.1 Å². The first-order valence-electron chi connectivity index (χ1n) is 11.9. The van der Waals surface area contributed by atoms with Crippen LogP contribution in [-0.2, 0) is 40.1 Å². The van der Waals surface area contributed by atoms with Crippen molar-refractivity contribution >= 4 is 40.1 Å². The first-order valence-corrected chi connectivity index (χ1v) is 17.8. The van der Waals surface area contributed by atoms with Gasteiger partial charge >= 0.3 is 0 Å². The zero-order valence-corrected chi connectivity index (χ0v) is 25.4. The molecule has 0 radical (unpaired) electrons. The lowest BCUT2D eigenvalue weighted by atomic mass is 10.3. The Morgan fingerprint density at radius 2 is 0.568 bits per heavy atom. The van der Waals surface area contributed by atoms with E-state index in [1.807, 2.05) is 9.66 Å². The third-order valence-corrected chi connectivity index (χ3v) is 10.7. The maximum atomic E-state index is 12.7. The number of ether oxygens (including phenoxy) is 2. The first-order chi connectivity index (χ1) is 20.6. The molecular weight excluding hydrogens is 661 g/mol. The van der Waals surface area contributed by atoms with Gasteiger partial charge in [0.15, 0.2) is 0 Å². The number of nitrogens with one attached hydrogen (secondary N) is 4. The standard InChI is InChI=1S/C24H24N6O10S4/c25-27-41(31,32)21-9-1-17(2-10-21)39-19-5-13-23(14-6-19)43(35,36)29-30-44(37,38)24-15-7-20(8-16-24)40-18-3-11-22(12-4-18)42(33,34)28-26/h1-16,27-30H,25-26H2. The molecule has 4 aromatic rings. The highest BCUT2D eigenvalue weighted by molar-refractivity contribution is 7.92. The van der Waals surface area contributed by atoms with Crippen molar-refractivity contribution in [3.63, 3.8) is 0 Å². The Hall–Kier alpha value is -3.96. The van der Waals surface area contributed by atoms with E-state index >= 15 is 0 Å². The Morgan fingerprint density at radius 3 is 0.773 bits per heavy atom. The van der Waals surface area contributed by atoms with Crippen LogP contribution in [0.15, 0.2) is 117 Å². The SMILES string of the molecule is NNS(=O)(=O)c1ccc(Oc2ccc(S(=O)(=O)NNS(=O)(=O)c3ccc(Oc4ccc(S(=O)(=O)NN)cc4)cc3)cc2)cc1. The van der Waals surface area contributed by atoms with Crippen molar-refractivity contribution in [2.45, 2.75) is 19.6 Å². The van der Waals surface area contributed by atoms with Crippen molar-refractivity contribution in [3.05, 3.63) is 97.1 Å². The van der Waals surface area contributed by atoms with Gasteiger partial charge in [0.1, 0.15) is 23.0 Å². The van der Waals surface area contributed by atoms with Crippen LogP contribution in [-0.4, -0.2) is 33.7 Å². The summed E-state index contributed by atoms with van der Waals surface area (Å²) in [4.78, 5) is 6.27. The van der Waals surface area contributed by atoms with Crippen LogP contribution in [0, 0.1) is 0 Å². The average Bonchev–Trinajstić information content (AvgIpc) is 3.01. The molecule has 0 heterocycles. The Morgan fingerprint density at radius 1 is 0.364 bits per heavy atom. The van der Waals surface area contributed by atoms with Crippen LogP contribution < -0.4 is 40.5 Å². The maximum Gasteiger partial charge on any atom is 0.254 e. The Balaban J connectivity index is 1.36. The van der Waals surface area contributed by atoms with Crippen molar-refractivity contribution in [1.82, 2.24) is 19.3 Å². The monoisotopic (exact) mass is 684 g/mol. The molecule has 0 unspecified atom stereocenters. The zero-order valence-electron chi connectivity index (χ0n) is 22.1. The van der Waals surface area contributed by atoms with Crippen molar-refractivity contribution in [2.24, 2.45) is 11.7 Å². The summed E-state index contributed by atoms with van der Waals surface area (Å²) in [6, 6.07) is 20.5. The quantitative estimate of drug-likeness (QED) is 0.0843. The highest BCUT2D eigenvalue weighted by Crippen LogP contribution is 2.26. The zero-order chi connectivity index (χ0) is 32.2. The molecule has 4 aromatic carbocycles. The van der Waals surface area contributed by atoms with E-state index in [2.05, 4.69) is 0 Å². The minimum absolute atomic E-state index is 0.0875. The third-order valence-electron chi connectivity index (χ3n) is 5.63. The van der Waals surface area contributed by atoms with Crippen LogP contribution in [0.5, 0.6) is 23.0 Å². The second-order valence-electron chi connectivity index (χ2n) is 8.54. The number of benzene rings is 4. The van der Waals surface area contributed by atoms with Gasteiger partial charge in [-0.15, -0.1) is 9.66 Å². The van der Waals surface area contributed by atoms with E-state index in [0.717, 1.165) is 0 Å². The molecule has 44 heavy (non-hydrogen) atoms. The van der Waals surface area contributed by atoms with Gasteiger partial charge in [-0.25, -0.2) is 33.7 Å². The molecule has 0 bridgehead atoms. The predicted molar refractivity (Wildman–Crippen MR) is 156 cm³/mol. The van der Waals surface area contributed by atoms with Crippen LogP contribution >= 0.6 is 0 Å². The summed E-state index contributed by atoms with van der Waals surface area (Å²) in [5, 5.41) is 0. The normalized spacial score (nSPS) is 12.5. The summed E-state index contributed by atoms with van der Waals surface area (Å²) in [7, 11) is -16.4. The van der Waals surface area contributed by atoms with Crippen LogP contribution in [0.25, 0.3) is 0 Å². The van der Waals surface area contributed by atoms with Gasteiger partial charge in [0.25, 0.3) is 40.1 Å². The van der Waals surface area contributed by atoms with Gasteiger partial charge in [-0.05, 0) is 97.1 Å². The fraction of sp³-hybridized carbons (Fsp3) is 0. The van der Waals surface area contributed by atoms with Crippen LogP contribution in [0.2, 0.25) is 0 Å². The van der Waals surface area contributed by atoms with Gasteiger partial charge in [-0.2, -0.15) is 9.66 Å². The number of hydrogen-bond donors (Lipinski definition) is 6. The lowest BCUT2D eigenvalue weighted by Crippen LogP contribution is -2.41. The van der Waals surface area contributed by atoms with Gasteiger partial charge in [0, 0.05) is 0 Å². The summed E-state index contributed by atoms with van der Waals surface area (Å²) in [6.45, 7) is 0. The number of hydrogen-bond acceptors (Lipinski definition) is 12. The maximum absolute atomic E-state index is 12.7. The smallest absolute Gasteiger partial charge is 0.254 e. The molecular formula is C24H24N6O10S4. The number of rotatable bonds is 13. The van der Waals surface area contributed by atoms with Gasteiger partial charge in [-0.3, -0.25) is 11.7 Å². The molecule has 0 saturated carbocycles. The minimum atomic E-state index is -4.34. The first kappa shape index (κ1) is 32.9. The van der Waals surface area contributed by atoms with E-state index in [0.29, 0.717) is 0 Å². The highest BCUT2D eigenvalue weighted by Gasteiger charge is 2.20. The largest absolute Gasteiger partial charge is 0.457 e. The molecule has 0 saturated heterocycles. The fourth-order valence-corrected chi connectivity index (χ4v) is 6.75. The van der Waals surface area contributed by atoms with Crippen molar-refractivity contribution in [1.29, 1.82) is 0 Å². The second kappa shape index (κ2) is 13.0. The second-order valence-corrected chi connectivity index (χ2v) is 15.3. The summed E-state index contributed by atoms with van der Waals surface area (Å²) < 4.78 is 109. The lowest BCUT2D eigenvalue weighted by Gasteiger charge is -2.11. The summed E-state index contributed by atoms with van der Waals surface area (Å²) in [6.07, 6.45) is 0. The number of sulfonamides is 4. The van der Waals surface area contributed by atoms with Gasteiger partial charge in [0.05, 0.1) is 19.6 Å². The summed E-state index contributed by atoms with van der Waals surface area (Å²) in [5.41, 5.74) is 0. The number of nitrogens with two attached hydrogens (primary N) is 2. The molecule has 0 amide bonds. The Kier molecular flexibility index (Phi) is 9.70. The molecule has 0 aromatic heterocycles. The molecule has 16 nitrogen and oxygen atoms in total. The number of hydrazine groups is 3. The van der Waals surface area contributed by atoms with Gasteiger partial charge in [-0.1, -0.05) is 0 Å².